The van der Waals surface area contributed by atoms with Crippen LogP contribution in [0.1, 0.15) is 31.4 Å². The fourth-order valence-corrected chi connectivity index (χ4v) is 2.70. The van der Waals surface area contributed by atoms with Crippen molar-refractivity contribution in [3.63, 3.8) is 0 Å². The molecule has 3 nitrogen and oxygen atoms in total. The molecule has 0 bridgehead atoms. The number of nitrogens with one attached hydrogen (secondary N) is 1. The summed E-state index contributed by atoms with van der Waals surface area (Å²) in [6.07, 6.45) is 6.83. The molecule has 17 heavy (non-hydrogen) atoms. The van der Waals surface area contributed by atoms with Crippen LogP contribution in [0.15, 0.2) is 18.3 Å². The van der Waals surface area contributed by atoms with E-state index in [9.17, 15) is 5.11 Å². The molecule has 2 N–H and O–H groups in total. The van der Waals surface area contributed by atoms with Crippen molar-refractivity contribution in [1.29, 1.82) is 0 Å². The van der Waals surface area contributed by atoms with Gasteiger partial charge in [0.1, 0.15) is 0 Å². The maximum atomic E-state index is 9.36. The maximum Gasteiger partial charge on any atom is 0.0462 e. The number of hydrogen-bond donors (Lipinski definition) is 2. The molecule has 1 saturated carbocycles. The number of anilines is 1. The fourth-order valence-electron chi connectivity index (χ4n) is 2.70. The summed E-state index contributed by atoms with van der Waals surface area (Å²) in [5, 5.41) is 12.8. The van der Waals surface area contributed by atoms with E-state index in [0.717, 1.165) is 17.9 Å². The highest BCUT2D eigenvalue weighted by atomic mass is 16.3. The van der Waals surface area contributed by atoms with Crippen molar-refractivity contribution in [1.82, 2.24) is 4.98 Å². The zero-order valence-electron chi connectivity index (χ0n) is 10.5. The highest BCUT2D eigenvalue weighted by Crippen LogP contribution is 2.29. The number of hydrogen-bond acceptors (Lipinski definition) is 3. The van der Waals surface area contributed by atoms with Crippen LogP contribution in [0.4, 0.5) is 5.69 Å². The van der Waals surface area contributed by atoms with Crippen LogP contribution in [0.3, 0.4) is 0 Å². The minimum absolute atomic E-state index is 0.335. The molecule has 94 valence electrons. The van der Waals surface area contributed by atoms with Gasteiger partial charge in [0.15, 0.2) is 0 Å². The number of aliphatic hydroxyl groups excluding tert-OH is 1. The Morgan fingerprint density at radius 1 is 1.35 bits per heavy atom. The van der Waals surface area contributed by atoms with Crippen molar-refractivity contribution >= 4 is 5.69 Å². The van der Waals surface area contributed by atoms with E-state index < -0.39 is 0 Å². The molecule has 0 aromatic carbocycles. The molecule has 1 aromatic heterocycles. The Morgan fingerprint density at radius 3 is 2.82 bits per heavy atom. The molecule has 0 amide bonds. The molecule has 0 spiro atoms. The molecule has 0 saturated heterocycles. The van der Waals surface area contributed by atoms with Crippen molar-refractivity contribution < 1.29 is 5.11 Å². The normalized spacial score (nSPS) is 24.6. The summed E-state index contributed by atoms with van der Waals surface area (Å²) < 4.78 is 0. The number of rotatable bonds is 4. The predicted octanol–water partition coefficient (Wildman–Crippen LogP) is 2.60. The Morgan fingerprint density at radius 2 is 2.12 bits per heavy atom. The summed E-state index contributed by atoms with van der Waals surface area (Å²) in [4.78, 5) is 4.19. The van der Waals surface area contributed by atoms with Gasteiger partial charge in [0.05, 0.1) is 0 Å². The lowest BCUT2D eigenvalue weighted by molar-refractivity contribution is 0.141. The van der Waals surface area contributed by atoms with Crippen LogP contribution in [0.25, 0.3) is 0 Å². The molecule has 1 heterocycles. The topological polar surface area (TPSA) is 45.1 Å². The van der Waals surface area contributed by atoms with Gasteiger partial charge in [-0.25, -0.2) is 0 Å². The predicted molar refractivity (Wildman–Crippen MR) is 70.0 cm³/mol. The first-order chi connectivity index (χ1) is 8.29. The second-order valence-electron chi connectivity index (χ2n) is 5.05. The first-order valence-electron chi connectivity index (χ1n) is 6.57. The van der Waals surface area contributed by atoms with Gasteiger partial charge < -0.3 is 10.4 Å². The van der Waals surface area contributed by atoms with Crippen molar-refractivity contribution in [2.75, 3.05) is 18.5 Å². The number of aliphatic hydroxyl groups is 1. The van der Waals surface area contributed by atoms with Gasteiger partial charge in [0.25, 0.3) is 0 Å². The van der Waals surface area contributed by atoms with Crippen molar-refractivity contribution in [3.05, 3.63) is 24.0 Å². The molecule has 2 unspecified atom stereocenters. The van der Waals surface area contributed by atoms with E-state index in [2.05, 4.69) is 16.4 Å². The van der Waals surface area contributed by atoms with Gasteiger partial charge in [-0.1, -0.05) is 12.8 Å². The molecule has 1 aliphatic rings. The second-order valence-corrected chi connectivity index (χ2v) is 5.05. The molecule has 0 aliphatic heterocycles. The van der Waals surface area contributed by atoms with E-state index in [1.807, 2.05) is 19.2 Å². The average Bonchev–Trinajstić information content (AvgIpc) is 2.37. The molecule has 0 radical (unpaired) electrons. The van der Waals surface area contributed by atoms with Crippen LogP contribution in [-0.2, 0) is 0 Å². The zero-order chi connectivity index (χ0) is 12.1. The third kappa shape index (κ3) is 3.43. The van der Waals surface area contributed by atoms with E-state index in [-0.39, 0.29) is 0 Å². The minimum Gasteiger partial charge on any atom is -0.396 e. The Labute approximate surface area is 103 Å². The van der Waals surface area contributed by atoms with Crippen molar-refractivity contribution in [2.24, 2.45) is 11.8 Å². The van der Waals surface area contributed by atoms with Crippen LogP contribution in [0.5, 0.6) is 0 Å². The van der Waals surface area contributed by atoms with Crippen molar-refractivity contribution in [3.8, 4) is 0 Å². The second kappa shape index (κ2) is 6.01. The van der Waals surface area contributed by atoms with Gasteiger partial charge in [0, 0.05) is 30.7 Å². The van der Waals surface area contributed by atoms with E-state index >= 15 is 0 Å². The van der Waals surface area contributed by atoms with E-state index in [4.69, 9.17) is 0 Å². The SMILES string of the molecule is Cc1cc(NCC2CCCCC2CO)ccn1. The standard InChI is InChI=1S/C14H22N2O/c1-11-8-14(6-7-15-11)16-9-12-4-2-3-5-13(12)10-17/h6-8,12-13,17H,2-5,9-10H2,1H3,(H,15,16). The largest absolute Gasteiger partial charge is 0.396 e. The summed E-state index contributed by atoms with van der Waals surface area (Å²) in [7, 11) is 0. The molecule has 1 aliphatic carbocycles. The van der Waals surface area contributed by atoms with Crippen LogP contribution in [0.2, 0.25) is 0 Å². The van der Waals surface area contributed by atoms with Gasteiger partial charge >= 0.3 is 0 Å². The van der Waals surface area contributed by atoms with Gasteiger partial charge in [-0.05, 0) is 43.7 Å². The monoisotopic (exact) mass is 234 g/mol. The smallest absolute Gasteiger partial charge is 0.0462 e. The van der Waals surface area contributed by atoms with Gasteiger partial charge in [-0.3, -0.25) is 4.98 Å². The summed E-state index contributed by atoms with van der Waals surface area (Å²) in [5.74, 6) is 1.10. The highest BCUT2D eigenvalue weighted by molar-refractivity contribution is 5.42. The summed E-state index contributed by atoms with van der Waals surface area (Å²) in [5.41, 5.74) is 2.18. The van der Waals surface area contributed by atoms with Crippen molar-refractivity contribution in [2.45, 2.75) is 32.6 Å². The lowest BCUT2D eigenvalue weighted by Gasteiger charge is -2.30. The Kier molecular flexibility index (Phi) is 4.37. The first kappa shape index (κ1) is 12.4. The lowest BCUT2D eigenvalue weighted by Crippen LogP contribution is -2.28. The van der Waals surface area contributed by atoms with Crippen LogP contribution >= 0.6 is 0 Å². The Balaban J connectivity index is 1.88. The average molecular weight is 234 g/mol. The Bertz CT molecular complexity index is 354. The number of aryl methyl sites for hydroxylation is 1. The molecule has 3 heteroatoms. The molecule has 2 atom stereocenters. The first-order valence-corrected chi connectivity index (χ1v) is 6.57. The van der Waals surface area contributed by atoms with E-state index in [1.165, 1.54) is 25.7 Å². The Hall–Kier alpha value is -1.09. The third-order valence-electron chi connectivity index (χ3n) is 3.77. The third-order valence-corrected chi connectivity index (χ3v) is 3.77. The van der Waals surface area contributed by atoms with Gasteiger partial charge in [-0.15, -0.1) is 0 Å². The molecule has 1 aromatic rings. The minimum atomic E-state index is 0.335. The molecular weight excluding hydrogens is 212 g/mol. The maximum absolute atomic E-state index is 9.36. The highest BCUT2D eigenvalue weighted by Gasteiger charge is 2.23. The van der Waals surface area contributed by atoms with Gasteiger partial charge in [0.2, 0.25) is 0 Å². The lowest BCUT2D eigenvalue weighted by atomic mass is 9.79. The summed E-state index contributed by atoms with van der Waals surface area (Å²) >= 11 is 0. The zero-order valence-corrected chi connectivity index (χ0v) is 10.5. The summed E-state index contributed by atoms with van der Waals surface area (Å²) in [6, 6.07) is 4.07. The van der Waals surface area contributed by atoms with E-state index in [0.29, 0.717) is 18.4 Å². The van der Waals surface area contributed by atoms with Crippen LogP contribution < -0.4 is 5.32 Å². The molecular formula is C14H22N2O. The number of nitrogens with zero attached hydrogens (tertiary/aromatic N) is 1. The quantitative estimate of drug-likeness (QED) is 0.841. The molecule has 1 fully saturated rings. The number of pyridine rings is 1. The molecule has 2 rings (SSSR count). The fraction of sp³-hybridized carbons (Fsp3) is 0.643. The summed E-state index contributed by atoms with van der Waals surface area (Å²) in [6.45, 7) is 3.30. The van der Waals surface area contributed by atoms with Crippen LogP contribution in [0, 0.1) is 18.8 Å². The van der Waals surface area contributed by atoms with E-state index in [1.54, 1.807) is 0 Å². The van der Waals surface area contributed by atoms with Crippen LogP contribution in [-0.4, -0.2) is 23.2 Å². The van der Waals surface area contributed by atoms with Gasteiger partial charge in [-0.2, -0.15) is 0 Å². The number of aromatic nitrogens is 1.